The summed E-state index contributed by atoms with van der Waals surface area (Å²) in [6, 6.07) is 2.42. The van der Waals surface area contributed by atoms with Gasteiger partial charge in [0.05, 0.1) is 24.5 Å². The van der Waals surface area contributed by atoms with E-state index in [1.54, 1.807) is 12.1 Å². The first kappa shape index (κ1) is 24.1. The number of urea groups is 1. The maximum Gasteiger partial charge on any atom is 0.339 e. The highest BCUT2D eigenvalue weighted by molar-refractivity contribution is 6.04. The zero-order valence-corrected chi connectivity index (χ0v) is 18.2. The minimum atomic E-state index is -1.35. The van der Waals surface area contributed by atoms with Crippen LogP contribution in [0, 0.1) is 0 Å². The van der Waals surface area contributed by atoms with Crippen LogP contribution in [-0.2, 0) is 19.1 Å². The van der Waals surface area contributed by atoms with Crippen molar-refractivity contribution in [2.75, 3.05) is 26.0 Å². The number of nitrogens with one attached hydrogen (secondary N) is 5. The van der Waals surface area contributed by atoms with Gasteiger partial charge in [-0.1, -0.05) is 12.1 Å². The second kappa shape index (κ2) is 9.94. The third kappa shape index (κ3) is 5.10. The minimum Gasteiger partial charge on any atom is -0.465 e. The molecule has 2 heterocycles. The van der Waals surface area contributed by atoms with E-state index in [1.807, 2.05) is 0 Å². The van der Waals surface area contributed by atoms with Gasteiger partial charge in [-0.3, -0.25) is 30.3 Å². The molecule has 2 fully saturated rings. The van der Waals surface area contributed by atoms with Gasteiger partial charge in [-0.15, -0.1) is 0 Å². The van der Waals surface area contributed by atoms with Crippen molar-refractivity contribution in [3.05, 3.63) is 29.8 Å². The second-order valence-corrected chi connectivity index (χ2v) is 7.71. The van der Waals surface area contributed by atoms with Crippen molar-refractivity contribution >= 4 is 35.4 Å². The van der Waals surface area contributed by atoms with E-state index in [9.17, 15) is 29.1 Å². The third-order valence-electron chi connectivity index (χ3n) is 5.45. The smallest absolute Gasteiger partial charge is 0.339 e. The number of carbonyl (C=O) groups excluding carboxylic acids is 5. The van der Waals surface area contributed by atoms with Gasteiger partial charge in [0.1, 0.15) is 24.3 Å². The van der Waals surface area contributed by atoms with Crippen LogP contribution in [0.15, 0.2) is 24.3 Å². The molecular weight excluding hydrogens is 436 g/mol. The Bertz CT molecular complexity index is 968. The van der Waals surface area contributed by atoms with Crippen LogP contribution in [0.5, 0.6) is 0 Å². The first-order chi connectivity index (χ1) is 15.6. The van der Waals surface area contributed by atoms with E-state index in [0.29, 0.717) is 0 Å². The van der Waals surface area contributed by atoms with Gasteiger partial charge in [-0.25, -0.2) is 9.59 Å². The fourth-order valence-corrected chi connectivity index (χ4v) is 3.62. The SMILES string of the molecule is COC(=O)c1ccccc1NC(=O)[C@@H](NC(=O)C1CNC2C(N1)C(=O)NC(=O)N2C)[C@@H](C)O. The van der Waals surface area contributed by atoms with E-state index in [4.69, 9.17) is 4.74 Å². The normalized spacial score (nSPS) is 24.1. The number of piperazine rings is 1. The quantitative estimate of drug-likeness (QED) is 0.254. The number of ether oxygens (including phenoxy) is 1. The molecule has 2 saturated heterocycles. The summed E-state index contributed by atoms with van der Waals surface area (Å²) in [5, 5.41) is 23.1. The van der Waals surface area contributed by atoms with Crippen LogP contribution in [0.3, 0.4) is 0 Å². The van der Waals surface area contributed by atoms with Crippen LogP contribution >= 0.6 is 0 Å². The van der Waals surface area contributed by atoms with E-state index < -0.39 is 60.1 Å². The number of aliphatic hydroxyl groups excluding tert-OH is 1. The van der Waals surface area contributed by atoms with Crippen molar-refractivity contribution in [1.82, 2.24) is 26.2 Å². The standard InChI is InChI=1S/C20H26N6O7/c1-9(27)13(17(29)23-11-7-5-4-6-10(11)19(31)33-3)24-16(28)12-8-21-15-14(22-12)18(30)25-20(32)26(15)2/h4-7,9,12-15,21-22,27H,8H2,1-3H3,(H,23,29)(H,24,28)(H,25,30,32)/t9-,12?,13+,14?,15?/m1/s1. The molecule has 0 aliphatic carbocycles. The average molecular weight is 462 g/mol. The number of rotatable bonds is 6. The number of likely N-dealkylation sites (N-methyl/N-ethyl adjacent to an activating group) is 1. The Morgan fingerprint density at radius 1 is 1.24 bits per heavy atom. The van der Waals surface area contributed by atoms with E-state index in [0.717, 1.165) is 0 Å². The summed E-state index contributed by atoms with van der Waals surface area (Å²) in [6.07, 6.45) is -1.91. The number of hydrogen-bond donors (Lipinski definition) is 6. The van der Waals surface area contributed by atoms with Gasteiger partial charge >= 0.3 is 12.0 Å². The largest absolute Gasteiger partial charge is 0.465 e. The zero-order valence-electron chi connectivity index (χ0n) is 18.2. The molecule has 33 heavy (non-hydrogen) atoms. The van der Waals surface area contributed by atoms with Crippen LogP contribution in [0.4, 0.5) is 10.5 Å². The van der Waals surface area contributed by atoms with Crippen molar-refractivity contribution in [2.24, 2.45) is 0 Å². The van der Waals surface area contributed by atoms with Crippen LogP contribution in [0.25, 0.3) is 0 Å². The minimum absolute atomic E-state index is 0.0667. The number of nitrogens with zero attached hydrogens (tertiary/aromatic N) is 1. The first-order valence-electron chi connectivity index (χ1n) is 10.2. The van der Waals surface area contributed by atoms with E-state index in [2.05, 4.69) is 26.6 Å². The molecule has 3 unspecified atom stereocenters. The predicted molar refractivity (Wildman–Crippen MR) is 114 cm³/mol. The lowest BCUT2D eigenvalue weighted by atomic mass is 10.0. The molecule has 0 bridgehead atoms. The van der Waals surface area contributed by atoms with E-state index >= 15 is 0 Å². The van der Waals surface area contributed by atoms with Crippen LogP contribution in [-0.4, -0.2) is 90.8 Å². The lowest BCUT2D eigenvalue weighted by Crippen LogP contribution is -2.77. The molecule has 2 aliphatic rings. The molecule has 5 amide bonds. The maximum absolute atomic E-state index is 12.8. The Morgan fingerprint density at radius 2 is 1.94 bits per heavy atom. The lowest BCUT2D eigenvalue weighted by Gasteiger charge is -2.44. The molecule has 1 aromatic rings. The molecule has 0 spiro atoms. The number of methoxy groups -OCH3 is 1. The van der Waals surface area contributed by atoms with Crippen LogP contribution < -0.4 is 26.6 Å². The van der Waals surface area contributed by atoms with Crippen molar-refractivity contribution < 1.29 is 33.8 Å². The Labute approximate surface area is 189 Å². The number of esters is 1. The highest BCUT2D eigenvalue weighted by atomic mass is 16.5. The summed E-state index contributed by atoms with van der Waals surface area (Å²) in [5.74, 6) is -2.64. The Balaban J connectivity index is 1.68. The van der Waals surface area contributed by atoms with Crippen molar-refractivity contribution in [3.8, 4) is 0 Å². The molecule has 178 valence electrons. The molecule has 6 N–H and O–H groups in total. The summed E-state index contributed by atoms with van der Waals surface area (Å²) in [5.41, 5.74) is 0.260. The Kier molecular flexibility index (Phi) is 7.26. The molecule has 13 nitrogen and oxygen atoms in total. The van der Waals surface area contributed by atoms with Crippen LogP contribution in [0.2, 0.25) is 0 Å². The second-order valence-electron chi connectivity index (χ2n) is 7.71. The molecule has 0 aromatic heterocycles. The number of benzene rings is 1. The van der Waals surface area contributed by atoms with Crippen LogP contribution in [0.1, 0.15) is 17.3 Å². The summed E-state index contributed by atoms with van der Waals surface area (Å²) >= 11 is 0. The number of hydrogen-bond acceptors (Lipinski definition) is 9. The monoisotopic (exact) mass is 462 g/mol. The third-order valence-corrected chi connectivity index (χ3v) is 5.45. The average Bonchev–Trinajstić information content (AvgIpc) is 2.80. The van der Waals surface area contributed by atoms with Crippen molar-refractivity contribution in [2.45, 2.75) is 37.3 Å². The molecule has 0 saturated carbocycles. The summed E-state index contributed by atoms with van der Waals surface area (Å²) < 4.78 is 4.69. The zero-order chi connectivity index (χ0) is 24.3. The van der Waals surface area contributed by atoms with Gasteiger partial charge in [0.25, 0.3) is 0 Å². The summed E-state index contributed by atoms with van der Waals surface area (Å²) in [7, 11) is 2.71. The number of fused-ring (bicyclic) bond motifs is 1. The summed E-state index contributed by atoms with van der Waals surface area (Å²) in [4.78, 5) is 62.8. The first-order valence-corrected chi connectivity index (χ1v) is 10.2. The molecule has 1 aromatic carbocycles. The number of para-hydroxylation sites is 1. The maximum atomic E-state index is 12.8. The highest BCUT2D eigenvalue weighted by Crippen LogP contribution is 2.17. The number of aliphatic hydroxyl groups is 1. The van der Waals surface area contributed by atoms with Gasteiger partial charge in [-0.2, -0.15) is 0 Å². The van der Waals surface area contributed by atoms with E-state index in [-0.39, 0.29) is 17.8 Å². The van der Waals surface area contributed by atoms with Gasteiger partial charge in [0, 0.05) is 13.6 Å². The molecule has 0 radical (unpaired) electrons. The van der Waals surface area contributed by atoms with Gasteiger partial charge in [0.2, 0.25) is 17.7 Å². The summed E-state index contributed by atoms with van der Waals surface area (Å²) in [6.45, 7) is 1.39. The molecule has 13 heteroatoms. The number of amides is 5. The van der Waals surface area contributed by atoms with Crippen molar-refractivity contribution in [3.63, 3.8) is 0 Å². The van der Waals surface area contributed by atoms with Gasteiger partial charge in [0.15, 0.2) is 0 Å². The number of anilines is 1. The van der Waals surface area contributed by atoms with Crippen molar-refractivity contribution in [1.29, 1.82) is 0 Å². The molecule has 5 atom stereocenters. The highest BCUT2D eigenvalue weighted by Gasteiger charge is 2.45. The molecule has 3 rings (SSSR count). The predicted octanol–water partition coefficient (Wildman–Crippen LogP) is -2.28. The molecule has 2 aliphatic heterocycles. The fourth-order valence-electron chi connectivity index (χ4n) is 3.62. The number of carbonyl (C=O) groups is 5. The molecular formula is C20H26N6O7. The topological polar surface area (TPSA) is 178 Å². The Morgan fingerprint density at radius 3 is 2.61 bits per heavy atom. The van der Waals surface area contributed by atoms with Gasteiger partial charge in [-0.05, 0) is 19.1 Å². The van der Waals surface area contributed by atoms with E-state index in [1.165, 1.54) is 38.1 Å². The Hall–Kier alpha value is -3.55. The fraction of sp³-hybridized carbons (Fsp3) is 0.450. The number of imide groups is 1. The van der Waals surface area contributed by atoms with Gasteiger partial charge < -0.3 is 25.4 Å². The lowest BCUT2D eigenvalue weighted by molar-refractivity contribution is -0.133.